The summed E-state index contributed by atoms with van der Waals surface area (Å²) in [6.45, 7) is 15.2. The van der Waals surface area contributed by atoms with Crippen molar-refractivity contribution in [3.63, 3.8) is 0 Å². The summed E-state index contributed by atoms with van der Waals surface area (Å²) < 4.78 is 0. The highest BCUT2D eigenvalue weighted by Gasteiger charge is 2.38. The number of carbonyl (C=O) groups is 10. The van der Waals surface area contributed by atoms with Gasteiger partial charge in [-0.25, -0.2) is 14.8 Å². The minimum absolute atomic E-state index is 0.0127. The van der Waals surface area contributed by atoms with Crippen molar-refractivity contribution >= 4 is 65.2 Å². The van der Waals surface area contributed by atoms with Crippen molar-refractivity contribution in [2.75, 3.05) is 6.54 Å². The molecular formula is C50H84N16O13. The monoisotopic (exact) mass is 1120 g/mol. The molecule has 0 radical (unpaired) electrons. The van der Waals surface area contributed by atoms with Crippen LogP contribution in [0.5, 0.6) is 0 Å². The van der Waals surface area contributed by atoms with Gasteiger partial charge in [0.05, 0.1) is 31.2 Å². The molecule has 12 atom stereocenters. The molecule has 0 aliphatic carbocycles. The van der Waals surface area contributed by atoms with E-state index in [2.05, 4.69) is 67.5 Å². The number of imidazole rings is 2. The summed E-state index contributed by atoms with van der Waals surface area (Å²) in [5.74, 6) is -11.8. The number of carboxylic acid groups (broad SMARTS) is 2. The number of H-pyrrole nitrogens is 2. The number of hydrogen-bond donors (Lipinski definition) is 16. The topological polar surface area (TPSA) is 475 Å². The zero-order valence-electron chi connectivity index (χ0n) is 46.5. The third kappa shape index (κ3) is 23.8. The van der Waals surface area contributed by atoms with E-state index in [0.717, 1.165) is 0 Å². The lowest BCUT2D eigenvalue weighted by atomic mass is 9.94. The predicted octanol–water partition coefficient (Wildman–Crippen LogP) is -2.70. The van der Waals surface area contributed by atoms with Crippen molar-refractivity contribution in [2.45, 2.75) is 181 Å². The lowest BCUT2D eigenvalue weighted by Crippen LogP contribution is -2.62. The number of nitrogens with one attached hydrogen (secondary N) is 10. The molecule has 29 heteroatoms. The average Bonchev–Trinajstić information content (AvgIpc) is 4.10. The fraction of sp³-hybridized carbons (Fsp3) is 0.660. The van der Waals surface area contributed by atoms with E-state index in [4.69, 9.17) is 17.2 Å². The Kier molecular flexibility index (Phi) is 28.6. The van der Waals surface area contributed by atoms with Gasteiger partial charge in [-0.2, -0.15) is 0 Å². The molecule has 0 bridgehead atoms. The van der Waals surface area contributed by atoms with Crippen LogP contribution in [0.1, 0.15) is 119 Å². The summed E-state index contributed by atoms with van der Waals surface area (Å²) >= 11 is 0. The largest absolute Gasteiger partial charge is 0.481 e. The first kappa shape index (κ1) is 67.4. The minimum atomic E-state index is -1.81. The van der Waals surface area contributed by atoms with E-state index < -0.39 is 138 Å². The first-order valence-electron chi connectivity index (χ1n) is 26.4. The third-order valence-corrected chi connectivity index (χ3v) is 12.8. The number of aliphatic hydroxyl groups is 1. The molecule has 2 aromatic heterocycles. The van der Waals surface area contributed by atoms with Crippen molar-refractivity contribution in [3.8, 4) is 0 Å². The molecule has 79 heavy (non-hydrogen) atoms. The Morgan fingerprint density at radius 1 is 0.557 bits per heavy atom. The number of guanidine groups is 1. The van der Waals surface area contributed by atoms with E-state index in [1.54, 1.807) is 41.5 Å². The number of amides is 8. The van der Waals surface area contributed by atoms with E-state index >= 15 is 0 Å². The maximum atomic E-state index is 14.4. The van der Waals surface area contributed by atoms with Gasteiger partial charge in [0.25, 0.3) is 0 Å². The number of nitrogens with zero attached hydrogens (tertiary/aromatic N) is 3. The molecule has 2 aromatic rings. The highest BCUT2D eigenvalue weighted by atomic mass is 16.4. The summed E-state index contributed by atoms with van der Waals surface area (Å²) in [4.78, 5) is 153. The summed E-state index contributed by atoms with van der Waals surface area (Å²) in [7, 11) is 0. The Balaban J connectivity index is 2.44. The van der Waals surface area contributed by atoms with Gasteiger partial charge in [0.15, 0.2) is 5.96 Å². The first-order valence-corrected chi connectivity index (χ1v) is 26.4. The fourth-order valence-electron chi connectivity index (χ4n) is 8.02. The molecule has 8 amide bonds. The minimum Gasteiger partial charge on any atom is -0.481 e. The number of carboxylic acids is 2. The van der Waals surface area contributed by atoms with Crippen LogP contribution in [0.3, 0.4) is 0 Å². The number of carbonyl (C=O) groups excluding carboxylic acids is 8. The molecule has 19 N–H and O–H groups in total. The fourth-order valence-corrected chi connectivity index (χ4v) is 8.02. The number of aliphatic imine (C=N–C) groups is 1. The lowest BCUT2D eigenvalue weighted by molar-refractivity contribution is -0.143. The van der Waals surface area contributed by atoms with Crippen LogP contribution in [-0.2, 0) is 60.8 Å². The van der Waals surface area contributed by atoms with Crippen molar-refractivity contribution < 1.29 is 63.3 Å². The maximum Gasteiger partial charge on any atom is 0.326 e. The Hall–Kier alpha value is -7.69. The van der Waals surface area contributed by atoms with Crippen LogP contribution in [-0.4, -0.2) is 167 Å². The maximum absolute atomic E-state index is 14.4. The van der Waals surface area contributed by atoms with Crippen molar-refractivity contribution in [3.05, 3.63) is 36.4 Å². The predicted molar refractivity (Wildman–Crippen MR) is 287 cm³/mol. The Bertz CT molecular complexity index is 2340. The van der Waals surface area contributed by atoms with Gasteiger partial charge in [0, 0.05) is 43.2 Å². The Morgan fingerprint density at radius 3 is 1.44 bits per heavy atom. The van der Waals surface area contributed by atoms with Crippen LogP contribution in [0.2, 0.25) is 0 Å². The first-order chi connectivity index (χ1) is 37.1. The van der Waals surface area contributed by atoms with Gasteiger partial charge in [-0.3, -0.25) is 48.1 Å². The Morgan fingerprint density at radius 2 is 0.975 bits per heavy atom. The quantitative estimate of drug-likeness (QED) is 0.0188. The van der Waals surface area contributed by atoms with Crippen molar-refractivity contribution in [1.82, 2.24) is 62.5 Å². The van der Waals surface area contributed by atoms with Crippen LogP contribution in [0.4, 0.5) is 0 Å². The number of aromatic nitrogens is 4. The van der Waals surface area contributed by atoms with Crippen molar-refractivity contribution in [1.29, 1.82) is 0 Å². The molecule has 0 aliphatic heterocycles. The van der Waals surface area contributed by atoms with E-state index in [1.807, 2.05) is 13.8 Å². The van der Waals surface area contributed by atoms with Crippen LogP contribution >= 0.6 is 0 Å². The molecule has 442 valence electrons. The lowest BCUT2D eigenvalue weighted by Gasteiger charge is -2.31. The van der Waals surface area contributed by atoms with Gasteiger partial charge < -0.3 is 85.0 Å². The van der Waals surface area contributed by atoms with Gasteiger partial charge in [0.1, 0.15) is 48.3 Å². The SMILES string of the molecule is CCC(C)C(NC(=O)C(CCCN=C(N)N)NC(=O)C(CC(=O)O)NC(=O)C(Cc1cnc[nH]1)NC(=O)C(N)CC(C)C)C(=O)NC(C(=O)NC(CC(C)C)C(=O)NC(C(=O)NC(Cc1cnc[nH]1)C(=O)O)C(C)O)C(C)CC. The summed E-state index contributed by atoms with van der Waals surface area (Å²) in [6.07, 6.45) is 3.40. The zero-order chi connectivity index (χ0) is 59.7. The van der Waals surface area contributed by atoms with E-state index in [0.29, 0.717) is 24.2 Å². The number of rotatable bonds is 36. The smallest absolute Gasteiger partial charge is 0.326 e. The standard InChI is InChI=1S/C50H84N16O13/c1-10-26(7)38(46(75)62-33(16-25(5)6)45(74)66-40(28(9)67)48(77)63-36(49(78)79)18-30-21-55-23-58-30)65-47(76)39(27(8)11-2)64-42(71)32(13-12-14-56-50(52)53)59-44(73)35(19-37(68)69)61-43(72)34(17-29-20-54-22-57-29)60-41(70)31(51)15-24(3)4/h20-28,31-36,38-40,67H,10-19,51H2,1-9H3,(H,54,57)(H,55,58)(H,59,73)(H,60,70)(H,61,72)(H,62,75)(H,63,77)(H,64,71)(H,65,76)(H,66,74)(H,68,69)(H,78,79)(H4,52,53,56). The van der Waals surface area contributed by atoms with E-state index in [9.17, 15) is 63.3 Å². The van der Waals surface area contributed by atoms with Gasteiger partial charge in [-0.1, -0.05) is 68.2 Å². The molecule has 0 aromatic carbocycles. The molecule has 0 saturated carbocycles. The van der Waals surface area contributed by atoms with Crippen LogP contribution in [0, 0.1) is 23.7 Å². The molecule has 0 spiro atoms. The Labute approximate surface area is 459 Å². The van der Waals surface area contributed by atoms with Gasteiger partial charge in [0.2, 0.25) is 47.3 Å². The van der Waals surface area contributed by atoms with Crippen molar-refractivity contribution in [2.24, 2.45) is 45.9 Å². The highest BCUT2D eigenvalue weighted by Crippen LogP contribution is 2.16. The summed E-state index contributed by atoms with van der Waals surface area (Å²) in [5, 5.41) is 50.6. The molecule has 0 saturated heterocycles. The molecule has 12 unspecified atom stereocenters. The van der Waals surface area contributed by atoms with E-state index in [-0.39, 0.29) is 62.9 Å². The second kappa shape index (κ2) is 33.6. The normalized spacial score (nSPS) is 15.9. The number of nitrogens with two attached hydrogens (primary N) is 3. The molecule has 2 heterocycles. The number of aliphatic hydroxyl groups excluding tert-OH is 1. The van der Waals surface area contributed by atoms with Crippen LogP contribution in [0.25, 0.3) is 0 Å². The number of hydrogen-bond acceptors (Lipinski definition) is 15. The van der Waals surface area contributed by atoms with E-state index in [1.165, 1.54) is 32.0 Å². The molecule has 0 aliphatic rings. The summed E-state index contributed by atoms with van der Waals surface area (Å²) in [6, 6.07) is -12.9. The molecule has 2 rings (SSSR count). The van der Waals surface area contributed by atoms with Gasteiger partial charge in [-0.15, -0.1) is 0 Å². The van der Waals surface area contributed by atoms with Gasteiger partial charge in [-0.05, 0) is 56.3 Å². The van der Waals surface area contributed by atoms with Crippen LogP contribution < -0.4 is 59.7 Å². The average molecular weight is 1120 g/mol. The zero-order valence-corrected chi connectivity index (χ0v) is 46.5. The number of aliphatic carboxylic acids is 2. The third-order valence-electron chi connectivity index (χ3n) is 12.8. The summed E-state index contributed by atoms with van der Waals surface area (Å²) in [5.41, 5.74) is 17.9. The highest BCUT2D eigenvalue weighted by molar-refractivity contribution is 5.99. The second-order valence-corrected chi connectivity index (χ2v) is 20.6. The molecule has 29 nitrogen and oxygen atoms in total. The van der Waals surface area contributed by atoms with Gasteiger partial charge >= 0.3 is 11.9 Å². The molecule has 0 fully saturated rings. The second-order valence-electron chi connectivity index (χ2n) is 20.6. The number of aromatic amines is 2. The van der Waals surface area contributed by atoms with Crippen LogP contribution in [0.15, 0.2) is 30.0 Å². The molecular weight excluding hydrogens is 1030 g/mol.